The lowest BCUT2D eigenvalue weighted by molar-refractivity contribution is 0.0492. The van der Waals surface area contributed by atoms with Crippen molar-refractivity contribution in [1.82, 2.24) is 10.6 Å². The zero-order valence-corrected chi connectivity index (χ0v) is 13.0. The van der Waals surface area contributed by atoms with Crippen molar-refractivity contribution in [2.24, 2.45) is 0 Å². The van der Waals surface area contributed by atoms with E-state index in [1.54, 1.807) is 0 Å². The van der Waals surface area contributed by atoms with E-state index in [9.17, 15) is 5.11 Å². The van der Waals surface area contributed by atoms with Gasteiger partial charge in [-0.3, -0.25) is 0 Å². The highest BCUT2D eigenvalue weighted by Crippen LogP contribution is 2.23. The van der Waals surface area contributed by atoms with Crippen LogP contribution in [0.4, 0.5) is 0 Å². The van der Waals surface area contributed by atoms with Gasteiger partial charge in [0.1, 0.15) is 0 Å². The molecule has 19 heavy (non-hydrogen) atoms. The van der Waals surface area contributed by atoms with Gasteiger partial charge in [0.2, 0.25) is 0 Å². The first-order valence-corrected chi connectivity index (χ1v) is 6.95. The topological polar surface area (TPSA) is 44.3 Å². The maximum absolute atomic E-state index is 10.4. The summed E-state index contributed by atoms with van der Waals surface area (Å²) in [5.74, 6) is 0. The molecule has 3 nitrogen and oxygen atoms in total. The quantitative estimate of drug-likeness (QED) is 0.742. The molecule has 0 aliphatic rings. The first kappa shape index (κ1) is 15.9. The van der Waals surface area contributed by atoms with E-state index in [1.807, 2.05) is 37.3 Å². The van der Waals surface area contributed by atoms with Crippen LogP contribution in [0.3, 0.4) is 0 Å². The van der Waals surface area contributed by atoms with Crippen molar-refractivity contribution < 1.29 is 5.11 Å². The third-order valence-electron chi connectivity index (χ3n) is 2.78. The van der Waals surface area contributed by atoms with E-state index in [1.165, 1.54) is 0 Å². The molecule has 0 bridgehead atoms. The smallest absolute Gasteiger partial charge is 0.166 e. The minimum absolute atomic E-state index is 0.0496. The van der Waals surface area contributed by atoms with Crippen LogP contribution in [0.15, 0.2) is 30.3 Å². The zero-order valence-electron chi connectivity index (χ0n) is 12.2. The zero-order chi connectivity index (χ0) is 14.5. The molecule has 1 rings (SSSR count). The van der Waals surface area contributed by atoms with Crippen molar-refractivity contribution in [2.45, 2.75) is 45.3 Å². The fourth-order valence-electron chi connectivity index (χ4n) is 1.75. The summed E-state index contributed by atoms with van der Waals surface area (Å²) in [6.07, 6.45) is 0.600. The molecule has 0 fully saturated rings. The number of benzene rings is 1. The summed E-state index contributed by atoms with van der Waals surface area (Å²) in [6.45, 7) is 8.62. The molecule has 0 heterocycles. The molecular weight excluding hydrogens is 256 g/mol. The van der Waals surface area contributed by atoms with Crippen LogP contribution in [-0.2, 0) is 5.60 Å². The van der Waals surface area contributed by atoms with Gasteiger partial charge < -0.3 is 15.7 Å². The molecule has 4 heteroatoms. The molecular formula is C15H24N2OS. The van der Waals surface area contributed by atoms with Crippen LogP contribution >= 0.6 is 12.2 Å². The van der Waals surface area contributed by atoms with E-state index in [4.69, 9.17) is 12.2 Å². The molecule has 1 atom stereocenters. The Morgan fingerprint density at radius 3 is 2.26 bits per heavy atom. The van der Waals surface area contributed by atoms with Gasteiger partial charge in [0.15, 0.2) is 5.11 Å². The molecule has 1 unspecified atom stereocenters. The predicted octanol–water partition coefficient (Wildman–Crippen LogP) is 2.55. The second-order valence-corrected chi connectivity index (χ2v) is 6.43. The Morgan fingerprint density at radius 1 is 1.16 bits per heavy atom. The molecule has 0 saturated heterocycles. The van der Waals surface area contributed by atoms with Crippen LogP contribution in [0.1, 0.15) is 39.7 Å². The average Bonchev–Trinajstić information content (AvgIpc) is 2.27. The molecule has 0 saturated carbocycles. The van der Waals surface area contributed by atoms with Crippen LogP contribution in [0.2, 0.25) is 0 Å². The maximum Gasteiger partial charge on any atom is 0.166 e. The monoisotopic (exact) mass is 280 g/mol. The normalized spacial score (nSPS) is 14.6. The second-order valence-electron chi connectivity index (χ2n) is 6.02. The Bertz CT molecular complexity index is 410. The van der Waals surface area contributed by atoms with E-state index < -0.39 is 5.60 Å². The van der Waals surface area contributed by atoms with E-state index in [-0.39, 0.29) is 5.54 Å². The highest BCUT2D eigenvalue weighted by atomic mass is 32.1. The average molecular weight is 280 g/mol. The van der Waals surface area contributed by atoms with Gasteiger partial charge in [0.25, 0.3) is 0 Å². The SMILES string of the molecule is CC(C)(C)NC(=S)NCCC(C)(O)c1ccccc1. The molecule has 0 amide bonds. The maximum atomic E-state index is 10.4. The van der Waals surface area contributed by atoms with E-state index in [0.717, 1.165) is 5.56 Å². The molecule has 0 spiro atoms. The van der Waals surface area contributed by atoms with E-state index in [0.29, 0.717) is 18.1 Å². The highest BCUT2D eigenvalue weighted by molar-refractivity contribution is 7.80. The van der Waals surface area contributed by atoms with Gasteiger partial charge in [-0.15, -0.1) is 0 Å². The molecule has 3 N–H and O–H groups in total. The van der Waals surface area contributed by atoms with Gasteiger partial charge >= 0.3 is 0 Å². The summed E-state index contributed by atoms with van der Waals surface area (Å²) < 4.78 is 0. The Hall–Kier alpha value is -1.13. The fourth-order valence-corrected chi connectivity index (χ4v) is 2.15. The summed E-state index contributed by atoms with van der Waals surface area (Å²) in [4.78, 5) is 0. The van der Waals surface area contributed by atoms with Crippen LogP contribution < -0.4 is 10.6 Å². The fraction of sp³-hybridized carbons (Fsp3) is 0.533. The summed E-state index contributed by atoms with van der Waals surface area (Å²) >= 11 is 5.20. The van der Waals surface area contributed by atoms with Gasteiger partial charge in [-0.25, -0.2) is 0 Å². The first-order chi connectivity index (χ1) is 8.71. The third kappa shape index (κ3) is 6.03. The van der Waals surface area contributed by atoms with E-state index in [2.05, 4.69) is 31.4 Å². The highest BCUT2D eigenvalue weighted by Gasteiger charge is 2.22. The summed E-state index contributed by atoms with van der Waals surface area (Å²) in [7, 11) is 0. The van der Waals surface area contributed by atoms with Gasteiger partial charge in [-0.2, -0.15) is 0 Å². The number of aliphatic hydroxyl groups is 1. The molecule has 106 valence electrons. The number of rotatable bonds is 4. The Kier molecular flexibility index (Phi) is 5.32. The Labute approximate surface area is 121 Å². The number of thiocarbonyl (C=S) groups is 1. The van der Waals surface area contributed by atoms with Crippen LogP contribution in [0.25, 0.3) is 0 Å². The van der Waals surface area contributed by atoms with Crippen molar-refractivity contribution in [1.29, 1.82) is 0 Å². The van der Waals surface area contributed by atoms with Gasteiger partial charge in [0, 0.05) is 12.1 Å². The van der Waals surface area contributed by atoms with E-state index >= 15 is 0 Å². The Balaban J connectivity index is 2.43. The largest absolute Gasteiger partial charge is 0.385 e. The van der Waals surface area contributed by atoms with Crippen molar-refractivity contribution in [3.05, 3.63) is 35.9 Å². The number of hydrogen-bond acceptors (Lipinski definition) is 2. The number of hydrogen-bond donors (Lipinski definition) is 3. The molecule has 0 aromatic heterocycles. The van der Waals surface area contributed by atoms with Gasteiger partial charge in [-0.05, 0) is 51.9 Å². The van der Waals surface area contributed by atoms with Crippen LogP contribution in [0.5, 0.6) is 0 Å². The predicted molar refractivity (Wildman–Crippen MR) is 84.1 cm³/mol. The lowest BCUT2D eigenvalue weighted by Crippen LogP contribution is -2.47. The lowest BCUT2D eigenvalue weighted by Gasteiger charge is -2.26. The van der Waals surface area contributed by atoms with Crippen molar-refractivity contribution >= 4 is 17.3 Å². The molecule has 0 aliphatic carbocycles. The third-order valence-corrected chi connectivity index (χ3v) is 3.03. The minimum Gasteiger partial charge on any atom is -0.385 e. The summed E-state index contributed by atoms with van der Waals surface area (Å²) in [6, 6.07) is 9.68. The van der Waals surface area contributed by atoms with Crippen LogP contribution in [0, 0.1) is 0 Å². The minimum atomic E-state index is -0.842. The molecule has 0 aliphatic heterocycles. The first-order valence-electron chi connectivity index (χ1n) is 6.55. The standard InChI is InChI=1S/C15H24N2OS/c1-14(2,3)17-13(19)16-11-10-15(4,18)12-8-6-5-7-9-12/h5-9,18H,10-11H2,1-4H3,(H2,16,17,19). The van der Waals surface area contributed by atoms with Gasteiger partial charge in [-0.1, -0.05) is 30.3 Å². The van der Waals surface area contributed by atoms with Crippen molar-refractivity contribution in [3.8, 4) is 0 Å². The van der Waals surface area contributed by atoms with Crippen LogP contribution in [-0.4, -0.2) is 22.3 Å². The summed E-state index contributed by atoms with van der Waals surface area (Å²) in [5.41, 5.74) is 0.0315. The van der Waals surface area contributed by atoms with Gasteiger partial charge in [0.05, 0.1) is 5.60 Å². The summed E-state index contributed by atoms with van der Waals surface area (Å²) in [5, 5.41) is 17.4. The molecule has 1 aromatic carbocycles. The Morgan fingerprint density at radius 2 is 1.74 bits per heavy atom. The number of nitrogens with one attached hydrogen (secondary N) is 2. The lowest BCUT2D eigenvalue weighted by atomic mass is 9.93. The second kappa shape index (κ2) is 6.35. The molecule has 0 radical (unpaired) electrons. The molecule has 1 aromatic rings. The van der Waals surface area contributed by atoms with Crippen molar-refractivity contribution in [3.63, 3.8) is 0 Å². The van der Waals surface area contributed by atoms with Crippen molar-refractivity contribution in [2.75, 3.05) is 6.54 Å².